The maximum atomic E-state index is 12.0. The number of nitrogens with zero attached hydrogens (tertiary/aromatic N) is 1. The van der Waals surface area contributed by atoms with Gasteiger partial charge in [0.1, 0.15) is 0 Å². The molecule has 1 saturated heterocycles. The van der Waals surface area contributed by atoms with Crippen LogP contribution in [0.3, 0.4) is 0 Å². The van der Waals surface area contributed by atoms with Crippen molar-refractivity contribution in [3.05, 3.63) is 29.3 Å². The first-order valence-corrected chi connectivity index (χ1v) is 6.73. The molecule has 1 aromatic rings. The van der Waals surface area contributed by atoms with E-state index in [2.05, 4.69) is 11.8 Å². The number of benzene rings is 1. The number of aliphatic hydroxyl groups is 1. The van der Waals surface area contributed by atoms with Gasteiger partial charge >= 0.3 is 0 Å². The molecule has 0 unspecified atom stereocenters. The van der Waals surface area contributed by atoms with E-state index in [0.717, 1.165) is 36.2 Å². The first kappa shape index (κ1) is 13.6. The number of carbonyl (C=O) groups excluding carboxylic acids is 1. The Morgan fingerprint density at radius 3 is 2.95 bits per heavy atom. The van der Waals surface area contributed by atoms with Crippen molar-refractivity contribution in [3.8, 4) is 11.8 Å². The SMILES string of the molecule is Cc1ccc(C#CCCO)cc1N1CCCCC1=O. The van der Waals surface area contributed by atoms with Gasteiger partial charge in [-0.05, 0) is 37.5 Å². The number of piperidine rings is 1. The van der Waals surface area contributed by atoms with Gasteiger partial charge in [0.05, 0.1) is 6.61 Å². The fourth-order valence-corrected chi connectivity index (χ4v) is 2.26. The van der Waals surface area contributed by atoms with Crippen LogP contribution >= 0.6 is 0 Å². The van der Waals surface area contributed by atoms with Crippen LogP contribution in [0.25, 0.3) is 0 Å². The summed E-state index contributed by atoms with van der Waals surface area (Å²) >= 11 is 0. The molecule has 3 heteroatoms. The average Bonchev–Trinajstić information content (AvgIpc) is 2.42. The lowest BCUT2D eigenvalue weighted by atomic mass is 10.0. The van der Waals surface area contributed by atoms with Gasteiger partial charge in [0.15, 0.2) is 0 Å². The molecule has 19 heavy (non-hydrogen) atoms. The van der Waals surface area contributed by atoms with Crippen molar-refractivity contribution in [2.24, 2.45) is 0 Å². The summed E-state index contributed by atoms with van der Waals surface area (Å²) < 4.78 is 0. The molecule has 0 saturated carbocycles. The van der Waals surface area contributed by atoms with Gasteiger partial charge in [-0.3, -0.25) is 4.79 Å². The van der Waals surface area contributed by atoms with Gasteiger partial charge in [0, 0.05) is 30.6 Å². The number of carbonyl (C=O) groups is 1. The van der Waals surface area contributed by atoms with Gasteiger partial charge < -0.3 is 10.0 Å². The van der Waals surface area contributed by atoms with Crippen LogP contribution in [0.5, 0.6) is 0 Å². The summed E-state index contributed by atoms with van der Waals surface area (Å²) in [5.74, 6) is 6.13. The molecule has 0 radical (unpaired) electrons. The lowest BCUT2D eigenvalue weighted by Crippen LogP contribution is -2.35. The Kier molecular flexibility index (Phi) is 4.59. The number of rotatable bonds is 2. The lowest BCUT2D eigenvalue weighted by Gasteiger charge is -2.28. The van der Waals surface area contributed by atoms with Crippen LogP contribution in [-0.2, 0) is 4.79 Å². The zero-order valence-corrected chi connectivity index (χ0v) is 11.3. The Morgan fingerprint density at radius 1 is 1.37 bits per heavy atom. The maximum absolute atomic E-state index is 12.0. The van der Waals surface area contributed by atoms with E-state index in [1.54, 1.807) is 0 Å². The maximum Gasteiger partial charge on any atom is 0.226 e. The Balaban J connectivity index is 2.26. The molecular weight excluding hydrogens is 238 g/mol. The van der Waals surface area contributed by atoms with Crippen LogP contribution in [0.15, 0.2) is 18.2 Å². The highest BCUT2D eigenvalue weighted by Gasteiger charge is 2.20. The lowest BCUT2D eigenvalue weighted by molar-refractivity contribution is -0.119. The van der Waals surface area contributed by atoms with Crippen LogP contribution in [0.2, 0.25) is 0 Å². The molecule has 1 amide bonds. The average molecular weight is 257 g/mol. The van der Waals surface area contributed by atoms with Gasteiger partial charge in [-0.25, -0.2) is 0 Å². The van der Waals surface area contributed by atoms with Gasteiger partial charge in [-0.15, -0.1) is 0 Å². The molecule has 3 nitrogen and oxygen atoms in total. The minimum absolute atomic E-state index is 0.0797. The number of hydrogen-bond acceptors (Lipinski definition) is 2. The number of hydrogen-bond donors (Lipinski definition) is 1. The molecule has 100 valence electrons. The van der Waals surface area contributed by atoms with Crippen LogP contribution in [0, 0.1) is 18.8 Å². The molecule has 1 aliphatic heterocycles. The van der Waals surface area contributed by atoms with E-state index in [1.807, 2.05) is 30.0 Å². The minimum atomic E-state index is 0.0797. The monoisotopic (exact) mass is 257 g/mol. The molecule has 0 aliphatic carbocycles. The van der Waals surface area contributed by atoms with Gasteiger partial charge in [0.25, 0.3) is 0 Å². The third-order valence-electron chi connectivity index (χ3n) is 3.29. The number of aryl methyl sites for hydroxylation is 1. The summed E-state index contributed by atoms with van der Waals surface area (Å²) in [6.45, 7) is 2.89. The second-order valence-electron chi connectivity index (χ2n) is 4.78. The van der Waals surface area contributed by atoms with Crippen molar-refractivity contribution >= 4 is 11.6 Å². The van der Waals surface area contributed by atoms with Crippen molar-refractivity contribution in [3.63, 3.8) is 0 Å². The summed E-state index contributed by atoms with van der Waals surface area (Å²) in [7, 11) is 0. The standard InChI is InChI=1S/C16H19NO2/c1-13-8-9-14(6-3-5-11-18)12-15(13)17-10-4-2-7-16(17)19/h8-9,12,18H,2,4-5,7,10-11H2,1H3. The number of aliphatic hydroxyl groups excluding tert-OH is 1. The zero-order valence-electron chi connectivity index (χ0n) is 11.3. The Morgan fingerprint density at radius 2 is 2.21 bits per heavy atom. The van der Waals surface area contributed by atoms with Crippen LogP contribution in [0.1, 0.15) is 36.8 Å². The summed E-state index contributed by atoms with van der Waals surface area (Å²) in [6, 6.07) is 5.93. The highest BCUT2D eigenvalue weighted by Crippen LogP contribution is 2.25. The van der Waals surface area contributed by atoms with E-state index in [4.69, 9.17) is 5.11 Å². The highest BCUT2D eigenvalue weighted by atomic mass is 16.2. The molecule has 1 fully saturated rings. The molecule has 0 aromatic heterocycles. The first-order valence-electron chi connectivity index (χ1n) is 6.73. The van der Waals surface area contributed by atoms with Crippen LogP contribution in [-0.4, -0.2) is 24.2 Å². The third kappa shape index (κ3) is 3.36. The molecular formula is C16H19NO2. The van der Waals surface area contributed by atoms with E-state index in [1.165, 1.54) is 0 Å². The Hall–Kier alpha value is -1.79. The summed E-state index contributed by atoms with van der Waals surface area (Å²) in [4.78, 5) is 13.8. The zero-order chi connectivity index (χ0) is 13.7. The van der Waals surface area contributed by atoms with Gasteiger partial charge in [-0.1, -0.05) is 17.9 Å². The second kappa shape index (κ2) is 6.40. The van der Waals surface area contributed by atoms with Gasteiger partial charge in [-0.2, -0.15) is 0 Å². The van der Waals surface area contributed by atoms with Crippen molar-refractivity contribution < 1.29 is 9.90 Å². The van der Waals surface area contributed by atoms with E-state index in [9.17, 15) is 4.79 Å². The molecule has 0 spiro atoms. The molecule has 1 N–H and O–H groups in total. The predicted octanol–water partition coefficient (Wildman–Crippen LogP) is 2.25. The topological polar surface area (TPSA) is 40.5 Å². The Labute approximate surface area is 114 Å². The van der Waals surface area contributed by atoms with E-state index in [-0.39, 0.29) is 12.5 Å². The quantitative estimate of drug-likeness (QED) is 0.825. The number of amides is 1. The normalized spacial score (nSPS) is 15.1. The smallest absolute Gasteiger partial charge is 0.226 e. The molecule has 0 atom stereocenters. The van der Waals surface area contributed by atoms with Crippen molar-refractivity contribution in [1.82, 2.24) is 0 Å². The van der Waals surface area contributed by atoms with Crippen molar-refractivity contribution in [1.29, 1.82) is 0 Å². The minimum Gasteiger partial charge on any atom is -0.395 e. The molecule has 0 bridgehead atoms. The summed E-state index contributed by atoms with van der Waals surface area (Å²) in [5.41, 5.74) is 2.97. The Bertz CT molecular complexity index is 525. The summed E-state index contributed by atoms with van der Waals surface area (Å²) in [6.07, 6.45) is 3.17. The second-order valence-corrected chi connectivity index (χ2v) is 4.78. The van der Waals surface area contributed by atoms with Crippen molar-refractivity contribution in [2.45, 2.75) is 32.6 Å². The van der Waals surface area contributed by atoms with Crippen LogP contribution in [0.4, 0.5) is 5.69 Å². The highest BCUT2D eigenvalue weighted by molar-refractivity contribution is 5.94. The molecule has 1 heterocycles. The fourth-order valence-electron chi connectivity index (χ4n) is 2.26. The molecule has 1 aliphatic rings. The largest absolute Gasteiger partial charge is 0.395 e. The number of anilines is 1. The molecule has 1 aromatic carbocycles. The molecule has 2 rings (SSSR count). The van der Waals surface area contributed by atoms with Crippen molar-refractivity contribution in [2.75, 3.05) is 18.1 Å². The predicted molar refractivity (Wildman–Crippen MR) is 76.0 cm³/mol. The fraction of sp³-hybridized carbons (Fsp3) is 0.438. The van der Waals surface area contributed by atoms with E-state index in [0.29, 0.717) is 12.8 Å². The van der Waals surface area contributed by atoms with E-state index < -0.39 is 0 Å². The van der Waals surface area contributed by atoms with Gasteiger partial charge in [0.2, 0.25) is 5.91 Å². The van der Waals surface area contributed by atoms with E-state index >= 15 is 0 Å². The van der Waals surface area contributed by atoms with Crippen LogP contribution < -0.4 is 4.90 Å². The summed E-state index contributed by atoms with van der Waals surface area (Å²) in [5, 5.41) is 8.73. The third-order valence-corrected chi connectivity index (χ3v) is 3.29. The first-order chi connectivity index (χ1) is 9.22.